The number of hydrogen-bond acceptors (Lipinski definition) is 2. The van der Waals surface area contributed by atoms with Gasteiger partial charge in [-0.3, -0.25) is 0 Å². The van der Waals surface area contributed by atoms with E-state index in [0.29, 0.717) is 6.54 Å². The largest absolute Gasteiger partial charge is 0.388 e. The van der Waals surface area contributed by atoms with Crippen molar-refractivity contribution in [1.29, 1.82) is 0 Å². The van der Waals surface area contributed by atoms with Crippen LogP contribution in [0.2, 0.25) is 0 Å². The van der Waals surface area contributed by atoms with E-state index in [4.69, 9.17) is 5.73 Å². The molecule has 3 atom stereocenters. The lowest BCUT2D eigenvalue weighted by Crippen LogP contribution is -2.34. The molecule has 0 amide bonds. The van der Waals surface area contributed by atoms with Crippen molar-refractivity contribution >= 4 is 0 Å². The monoisotopic (exact) mass is 273 g/mol. The van der Waals surface area contributed by atoms with Gasteiger partial charge in [-0.15, -0.1) is 0 Å². The van der Waals surface area contributed by atoms with E-state index >= 15 is 0 Å². The Morgan fingerprint density at radius 1 is 1.25 bits per heavy atom. The standard InChI is InChI=1S/C18H27NO/c1-2-13-9-10-18(11-13,12-19)17(20)16-7-5-15(6-8-16)14-3-4-14/h5-8,13-14,17,20H,2-4,9-12,19H2,1H3. The van der Waals surface area contributed by atoms with Gasteiger partial charge in [0.2, 0.25) is 0 Å². The van der Waals surface area contributed by atoms with Crippen molar-refractivity contribution in [3.05, 3.63) is 35.4 Å². The molecule has 0 spiro atoms. The molecule has 2 fully saturated rings. The van der Waals surface area contributed by atoms with Crippen molar-refractivity contribution < 1.29 is 5.11 Å². The maximum atomic E-state index is 10.8. The Balaban J connectivity index is 1.77. The minimum atomic E-state index is -0.405. The molecule has 2 aliphatic rings. The van der Waals surface area contributed by atoms with Gasteiger partial charge in [0.1, 0.15) is 0 Å². The molecule has 0 saturated heterocycles. The van der Waals surface area contributed by atoms with Gasteiger partial charge in [-0.2, -0.15) is 0 Å². The quantitative estimate of drug-likeness (QED) is 0.858. The van der Waals surface area contributed by atoms with E-state index in [2.05, 4.69) is 31.2 Å². The smallest absolute Gasteiger partial charge is 0.0858 e. The second-order valence-electron chi connectivity index (χ2n) is 6.93. The van der Waals surface area contributed by atoms with Gasteiger partial charge in [0.25, 0.3) is 0 Å². The van der Waals surface area contributed by atoms with Gasteiger partial charge in [-0.1, -0.05) is 37.6 Å². The molecule has 3 rings (SSSR count). The molecule has 0 heterocycles. The van der Waals surface area contributed by atoms with Crippen molar-refractivity contribution in [2.24, 2.45) is 17.1 Å². The Labute approximate surface area is 122 Å². The zero-order chi connectivity index (χ0) is 14.2. The molecule has 2 nitrogen and oxygen atoms in total. The summed E-state index contributed by atoms with van der Waals surface area (Å²) in [5.74, 6) is 1.51. The Kier molecular flexibility index (Phi) is 3.87. The van der Waals surface area contributed by atoms with Gasteiger partial charge in [0, 0.05) is 12.0 Å². The van der Waals surface area contributed by atoms with Crippen LogP contribution in [0.1, 0.15) is 68.6 Å². The van der Waals surface area contributed by atoms with Gasteiger partial charge in [-0.05, 0) is 55.1 Å². The highest BCUT2D eigenvalue weighted by atomic mass is 16.3. The van der Waals surface area contributed by atoms with Crippen LogP contribution in [0, 0.1) is 11.3 Å². The fraction of sp³-hybridized carbons (Fsp3) is 0.667. The van der Waals surface area contributed by atoms with Crippen LogP contribution in [0.25, 0.3) is 0 Å². The minimum absolute atomic E-state index is 0.0955. The molecule has 3 N–H and O–H groups in total. The van der Waals surface area contributed by atoms with Crippen molar-refractivity contribution in [1.82, 2.24) is 0 Å². The van der Waals surface area contributed by atoms with E-state index < -0.39 is 6.10 Å². The number of nitrogens with two attached hydrogens (primary N) is 1. The molecule has 0 radical (unpaired) electrons. The van der Waals surface area contributed by atoms with Crippen molar-refractivity contribution in [2.75, 3.05) is 6.54 Å². The highest BCUT2D eigenvalue weighted by Crippen LogP contribution is 2.50. The van der Waals surface area contributed by atoms with E-state index in [1.165, 1.54) is 31.2 Å². The summed E-state index contributed by atoms with van der Waals surface area (Å²) in [5, 5.41) is 10.8. The van der Waals surface area contributed by atoms with Crippen LogP contribution < -0.4 is 5.73 Å². The van der Waals surface area contributed by atoms with Crippen molar-refractivity contribution in [3.8, 4) is 0 Å². The van der Waals surface area contributed by atoms with Gasteiger partial charge >= 0.3 is 0 Å². The fourth-order valence-electron chi connectivity index (χ4n) is 3.89. The first-order valence-electron chi connectivity index (χ1n) is 8.16. The minimum Gasteiger partial charge on any atom is -0.388 e. The van der Waals surface area contributed by atoms with Crippen LogP contribution in [0.4, 0.5) is 0 Å². The second kappa shape index (κ2) is 5.50. The van der Waals surface area contributed by atoms with Gasteiger partial charge in [-0.25, -0.2) is 0 Å². The topological polar surface area (TPSA) is 46.2 Å². The van der Waals surface area contributed by atoms with E-state index in [1.54, 1.807) is 0 Å². The molecular formula is C18H27NO. The number of aliphatic hydroxyl groups is 1. The molecule has 0 aromatic heterocycles. The summed E-state index contributed by atoms with van der Waals surface area (Å²) in [6, 6.07) is 8.64. The third-order valence-corrected chi connectivity index (χ3v) is 5.61. The van der Waals surface area contributed by atoms with E-state index in [-0.39, 0.29) is 5.41 Å². The predicted molar refractivity (Wildman–Crippen MR) is 82.5 cm³/mol. The highest BCUT2D eigenvalue weighted by molar-refractivity contribution is 5.30. The summed E-state index contributed by atoms with van der Waals surface area (Å²) in [7, 11) is 0. The molecule has 3 unspecified atom stereocenters. The molecule has 0 aliphatic heterocycles. The summed E-state index contributed by atoms with van der Waals surface area (Å²) in [5.41, 5.74) is 8.44. The summed E-state index contributed by atoms with van der Waals surface area (Å²) in [6.07, 6.45) is 6.80. The average molecular weight is 273 g/mol. The average Bonchev–Trinajstić information content (AvgIpc) is 3.26. The van der Waals surface area contributed by atoms with Crippen LogP contribution >= 0.6 is 0 Å². The molecule has 110 valence electrons. The van der Waals surface area contributed by atoms with Crippen LogP contribution in [0.5, 0.6) is 0 Å². The maximum absolute atomic E-state index is 10.8. The summed E-state index contributed by atoms with van der Waals surface area (Å²) in [4.78, 5) is 0. The predicted octanol–water partition coefficient (Wildman–Crippen LogP) is 3.75. The Morgan fingerprint density at radius 3 is 2.45 bits per heavy atom. The number of benzene rings is 1. The van der Waals surface area contributed by atoms with Crippen LogP contribution in [-0.2, 0) is 0 Å². The molecule has 0 bridgehead atoms. The first-order chi connectivity index (χ1) is 9.68. The second-order valence-corrected chi connectivity index (χ2v) is 6.93. The molecule has 20 heavy (non-hydrogen) atoms. The first kappa shape index (κ1) is 14.1. The number of rotatable bonds is 5. The lowest BCUT2D eigenvalue weighted by Gasteiger charge is -2.34. The van der Waals surface area contributed by atoms with Crippen molar-refractivity contribution in [2.45, 2.75) is 57.5 Å². The van der Waals surface area contributed by atoms with Crippen LogP contribution in [-0.4, -0.2) is 11.7 Å². The van der Waals surface area contributed by atoms with Gasteiger partial charge < -0.3 is 10.8 Å². The van der Waals surface area contributed by atoms with Crippen LogP contribution in [0.15, 0.2) is 24.3 Å². The SMILES string of the molecule is CCC1CCC(CN)(C(O)c2ccc(C3CC3)cc2)C1. The molecule has 2 aliphatic carbocycles. The third kappa shape index (κ3) is 2.51. The normalized spacial score (nSPS) is 31.4. The van der Waals surface area contributed by atoms with Crippen molar-refractivity contribution in [3.63, 3.8) is 0 Å². The highest BCUT2D eigenvalue weighted by Gasteiger charge is 2.43. The molecule has 1 aromatic carbocycles. The van der Waals surface area contributed by atoms with E-state index in [9.17, 15) is 5.11 Å². The Hall–Kier alpha value is -0.860. The Morgan fingerprint density at radius 2 is 1.95 bits per heavy atom. The Bertz CT molecular complexity index is 451. The molecule has 1 aromatic rings. The molecule has 2 saturated carbocycles. The lowest BCUT2D eigenvalue weighted by atomic mass is 9.76. The third-order valence-electron chi connectivity index (χ3n) is 5.61. The van der Waals surface area contributed by atoms with E-state index in [0.717, 1.165) is 30.2 Å². The maximum Gasteiger partial charge on any atom is 0.0858 e. The summed E-state index contributed by atoms with van der Waals surface area (Å²) < 4.78 is 0. The first-order valence-corrected chi connectivity index (χ1v) is 8.16. The molecule has 2 heteroatoms. The lowest BCUT2D eigenvalue weighted by molar-refractivity contribution is 0.0301. The number of aliphatic hydroxyl groups excluding tert-OH is 1. The summed E-state index contributed by atoms with van der Waals surface area (Å²) in [6.45, 7) is 2.84. The summed E-state index contributed by atoms with van der Waals surface area (Å²) >= 11 is 0. The zero-order valence-electron chi connectivity index (χ0n) is 12.5. The van der Waals surface area contributed by atoms with E-state index in [1.807, 2.05) is 0 Å². The van der Waals surface area contributed by atoms with Crippen LogP contribution in [0.3, 0.4) is 0 Å². The zero-order valence-corrected chi connectivity index (χ0v) is 12.5. The van der Waals surface area contributed by atoms with Gasteiger partial charge in [0.05, 0.1) is 6.10 Å². The molecular weight excluding hydrogens is 246 g/mol. The van der Waals surface area contributed by atoms with Gasteiger partial charge in [0.15, 0.2) is 0 Å². The fourth-order valence-corrected chi connectivity index (χ4v) is 3.89. The number of hydrogen-bond donors (Lipinski definition) is 2.